The molecule has 1 fully saturated rings. The van der Waals surface area contributed by atoms with E-state index in [4.69, 9.17) is 22.1 Å². The number of benzene rings is 1. The van der Waals surface area contributed by atoms with Crippen LogP contribution in [0.25, 0.3) is 0 Å². The van der Waals surface area contributed by atoms with Crippen LogP contribution < -0.4 is 10.5 Å². The number of nitrogens with zero attached hydrogens (tertiary/aromatic N) is 1. The summed E-state index contributed by atoms with van der Waals surface area (Å²) < 4.78 is 5.86. The number of nitrogens with two attached hydrogens (primary N) is 1. The molecule has 0 saturated carbocycles. The van der Waals surface area contributed by atoms with E-state index in [0.29, 0.717) is 23.9 Å². The van der Waals surface area contributed by atoms with Gasteiger partial charge in [0, 0.05) is 13.0 Å². The first-order chi connectivity index (χ1) is 9.49. The predicted molar refractivity (Wildman–Crippen MR) is 79.9 cm³/mol. The van der Waals surface area contributed by atoms with Crippen molar-refractivity contribution >= 4 is 17.5 Å². The minimum atomic E-state index is -0.436. The van der Waals surface area contributed by atoms with Crippen molar-refractivity contribution in [2.75, 3.05) is 13.1 Å². The van der Waals surface area contributed by atoms with Crippen molar-refractivity contribution in [1.29, 1.82) is 0 Å². The van der Waals surface area contributed by atoms with Crippen LogP contribution in [0.5, 0.6) is 5.75 Å². The van der Waals surface area contributed by atoms with Gasteiger partial charge in [0.25, 0.3) is 0 Å². The molecule has 0 bridgehead atoms. The Morgan fingerprint density at radius 2 is 2.15 bits per heavy atom. The van der Waals surface area contributed by atoms with Gasteiger partial charge >= 0.3 is 0 Å². The third kappa shape index (κ3) is 3.44. The number of rotatable bonds is 4. The highest BCUT2D eigenvalue weighted by Crippen LogP contribution is 2.26. The van der Waals surface area contributed by atoms with Gasteiger partial charge in [-0.2, -0.15) is 0 Å². The van der Waals surface area contributed by atoms with Crippen LogP contribution >= 0.6 is 11.6 Å². The average Bonchev–Trinajstić information content (AvgIpc) is 2.88. The van der Waals surface area contributed by atoms with Crippen molar-refractivity contribution in [3.05, 3.63) is 29.3 Å². The smallest absolute Gasteiger partial charge is 0.239 e. The van der Waals surface area contributed by atoms with Crippen LogP contribution in [0, 0.1) is 5.92 Å². The molecule has 2 atom stereocenters. The Hall–Kier alpha value is -1.26. The average molecular weight is 297 g/mol. The Labute approximate surface area is 124 Å². The number of hydrogen-bond donors (Lipinski definition) is 1. The van der Waals surface area contributed by atoms with Gasteiger partial charge in [-0.3, -0.25) is 4.79 Å². The number of halogens is 1. The quantitative estimate of drug-likeness (QED) is 0.927. The van der Waals surface area contributed by atoms with Gasteiger partial charge in [0.2, 0.25) is 5.91 Å². The number of para-hydroxylation sites is 1. The zero-order valence-electron chi connectivity index (χ0n) is 11.9. The molecular formula is C15H21ClN2O2. The van der Waals surface area contributed by atoms with Gasteiger partial charge in [0.1, 0.15) is 11.9 Å². The van der Waals surface area contributed by atoms with E-state index in [2.05, 4.69) is 0 Å². The van der Waals surface area contributed by atoms with E-state index in [0.717, 1.165) is 6.42 Å². The molecule has 0 aromatic heterocycles. The summed E-state index contributed by atoms with van der Waals surface area (Å²) >= 11 is 6.07. The molecule has 2 N–H and O–H groups in total. The maximum atomic E-state index is 12.2. The molecule has 1 heterocycles. The molecule has 1 unspecified atom stereocenters. The van der Waals surface area contributed by atoms with Crippen LogP contribution in [0.2, 0.25) is 5.02 Å². The highest BCUT2D eigenvalue weighted by Gasteiger charge is 2.31. The van der Waals surface area contributed by atoms with Gasteiger partial charge in [-0.1, -0.05) is 37.6 Å². The second-order valence-electron chi connectivity index (χ2n) is 5.51. The molecule has 20 heavy (non-hydrogen) atoms. The van der Waals surface area contributed by atoms with E-state index in [1.54, 1.807) is 11.0 Å². The van der Waals surface area contributed by atoms with E-state index < -0.39 is 6.04 Å². The second kappa shape index (κ2) is 6.46. The summed E-state index contributed by atoms with van der Waals surface area (Å²) in [6.07, 6.45) is 0.792. The predicted octanol–water partition coefficient (Wildman–Crippen LogP) is 2.30. The van der Waals surface area contributed by atoms with Crippen molar-refractivity contribution < 1.29 is 9.53 Å². The highest BCUT2D eigenvalue weighted by atomic mass is 35.5. The van der Waals surface area contributed by atoms with Gasteiger partial charge in [0.15, 0.2) is 0 Å². The fourth-order valence-electron chi connectivity index (χ4n) is 2.24. The minimum Gasteiger partial charge on any atom is -0.487 e. The summed E-state index contributed by atoms with van der Waals surface area (Å²) in [7, 11) is 0. The van der Waals surface area contributed by atoms with Crippen molar-refractivity contribution in [2.45, 2.75) is 32.4 Å². The summed E-state index contributed by atoms with van der Waals surface area (Å²) in [5.41, 5.74) is 5.91. The van der Waals surface area contributed by atoms with Gasteiger partial charge in [-0.05, 0) is 18.1 Å². The number of carbonyl (C=O) groups is 1. The van der Waals surface area contributed by atoms with Gasteiger partial charge < -0.3 is 15.4 Å². The van der Waals surface area contributed by atoms with Crippen molar-refractivity contribution in [3.8, 4) is 5.75 Å². The Morgan fingerprint density at radius 1 is 1.45 bits per heavy atom. The van der Waals surface area contributed by atoms with Crippen LogP contribution in [0.4, 0.5) is 0 Å². The summed E-state index contributed by atoms with van der Waals surface area (Å²) in [5.74, 6) is 0.818. The van der Waals surface area contributed by atoms with E-state index in [1.165, 1.54) is 0 Å². The maximum absolute atomic E-state index is 12.2. The molecule has 0 radical (unpaired) electrons. The SMILES string of the molecule is CC(C)[C@H](N)C(=O)N1CCC(Oc2ccccc2Cl)C1. The molecule has 110 valence electrons. The molecule has 1 amide bonds. The highest BCUT2D eigenvalue weighted by molar-refractivity contribution is 6.32. The lowest BCUT2D eigenvalue weighted by molar-refractivity contribution is -0.132. The number of likely N-dealkylation sites (tertiary alicyclic amines) is 1. The molecule has 1 aliphatic heterocycles. The van der Waals surface area contributed by atoms with Crippen LogP contribution in [0.15, 0.2) is 24.3 Å². The van der Waals surface area contributed by atoms with Crippen LogP contribution in [-0.2, 0) is 4.79 Å². The molecule has 5 heteroatoms. The Morgan fingerprint density at radius 3 is 2.80 bits per heavy atom. The fraction of sp³-hybridized carbons (Fsp3) is 0.533. The van der Waals surface area contributed by atoms with Crippen molar-refractivity contribution in [2.24, 2.45) is 11.7 Å². The Kier molecular flexibility index (Phi) is 4.89. The summed E-state index contributed by atoms with van der Waals surface area (Å²) in [5, 5.41) is 0.594. The zero-order valence-corrected chi connectivity index (χ0v) is 12.6. The van der Waals surface area contributed by atoms with Crippen molar-refractivity contribution in [1.82, 2.24) is 4.90 Å². The number of amides is 1. The number of ether oxygens (including phenoxy) is 1. The topological polar surface area (TPSA) is 55.6 Å². The standard InChI is InChI=1S/C15H21ClN2O2/c1-10(2)14(17)15(19)18-8-7-11(9-18)20-13-6-4-3-5-12(13)16/h3-6,10-11,14H,7-9,17H2,1-2H3/t11?,14-/m0/s1. The lowest BCUT2D eigenvalue weighted by atomic mass is 10.0. The first-order valence-corrected chi connectivity index (χ1v) is 7.32. The van der Waals surface area contributed by atoms with Gasteiger partial charge in [-0.15, -0.1) is 0 Å². The first-order valence-electron chi connectivity index (χ1n) is 6.94. The molecule has 4 nitrogen and oxygen atoms in total. The zero-order chi connectivity index (χ0) is 14.7. The second-order valence-corrected chi connectivity index (χ2v) is 5.92. The summed E-state index contributed by atoms with van der Waals surface area (Å²) in [6, 6.07) is 6.94. The maximum Gasteiger partial charge on any atom is 0.239 e. The van der Waals surface area contributed by atoms with Crippen LogP contribution in [0.3, 0.4) is 0 Å². The van der Waals surface area contributed by atoms with Gasteiger partial charge in [0.05, 0.1) is 17.6 Å². The molecular weight excluding hydrogens is 276 g/mol. The molecule has 0 aliphatic carbocycles. The molecule has 1 aliphatic rings. The lowest BCUT2D eigenvalue weighted by Crippen LogP contribution is -2.46. The van der Waals surface area contributed by atoms with E-state index in [1.807, 2.05) is 32.0 Å². The molecule has 1 aromatic carbocycles. The van der Waals surface area contributed by atoms with Crippen LogP contribution in [0.1, 0.15) is 20.3 Å². The molecule has 1 aromatic rings. The molecule has 1 saturated heterocycles. The first kappa shape index (κ1) is 15.1. The van der Waals surface area contributed by atoms with Crippen LogP contribution in [-0.4, -0.2) is 36.0 Å². The van der Waals surface area contributed by atoms with Crippen molar-refractivity contribution in [3.63, 3.8) is 0 Å². The van der Waals surface area contributed by atoms with Gasteiger partial charge in [-0.25, -0.2) is 0 Å². The normalized spacial score (nSPS) is 20.2. The van der Waals surface area contributed by atoms with E-state index in [9.17, 15) is 4.79 Å². The number of carbonyl (C=O) groups excluding carboxylic acids is 1. The fourth-order valence-corrected chi connectivity index (χ4v) is 2.42. The summed E-state index contributed by atoms with van der Waals surface area (Å²) in [4.78, 5) is 14.0. The monoisotopic (exact) mass is 296 g/mol. The third-order valence-corrected chi connectivity index (χ3v) is 3.90. The largest absolute Gasteiger partial charge is 0.487 e. The van der Waals surface area contributed by atoms with E-state index >= 15 is 0 Å². The Bertz CT molecular complexity index is 479. The van der Waals surface area contributed by atoms with E-state index in [-0.39, 0.29) is 17.9 Å². The summed E-state index contributed by atoms with van der Waals surface area (Å²) in [6.45, 7) is 5.17. The molecule has 0 spiro atoms. The third-order valence-electron chi connectivity index (χ3n) is 3.59. The Balaban J connectivity index is 1.93. The lowest BCUT2D eigenvalue weighted by Gasteiger charge is -2.23. The molecule has 2 rings (SSSR count). The minimum absolute atomic E-state index is 0.00487. The number of hydrogen-bond acceptors (Lipinski definition) is 3.